The van der Waals surface area contributed by atoms with Crippen LogP contribution < -0.4 is 21.3 Å². The predicted octanol–water partition coefficient (Wildman–Crippen LogP) is 0.806. The van der Waals surface area contributed by atoms with Gasteiger partial charge in [0, 0.05) is 50.8 Å². The normalized spacial score (nSPS) is 46.8. The first kappa shape index (κ1) is 24.2. The summed E-state index contributed by atoms with van der Waals surface area (Å²) in [5, 5.41) is 24.7. The summed E-state index contributed by atoms with van der Waals surface area (Å²) in [6, 6.07) is 0.642. The molecule has 4 fully saturated rings. The second kappa shape index (κ2) is 11.4. The van der Waals surface area contributed by atoms with Gasteiger partial charge in [0.05, 0.1) is 18.3 Å². The van der Waals surface area contributed by atoms with Gasteiger partial charge in [0.25, 0.3) is 0 Å². The number of thioether (sulfide) groups is 1. The van der Waals surface area contributed by atoms with E-state index in [-0.39, 0.29) is 36.1 Å². The van der Waals surface area contributed by atoms with Crippen molar-refractivity contribution >= 4 is 11.8 Å². The Kier molecular flexibility index (Phi) is 8.92. The van der Waals surface area contributed by atoms with Gasteiger partial charge in [-0.3, -0.25) is 16.0 Å². The molecule has 0 aromatic carbocycles. The fraction of sp³-hybridized carbons (Fsp3) is 1.00. The smallest absolute Gasteiger partial charge is 0.114 e. The Labute approximate surface area is 191 Å². The van der Waals surface area contributed by atoms with Crippen molar-refractivity contribution in [2.24, 2.45) is 11.8 Å². The molecule has 9 heteroatoms. The molecule has 0 bridgehead atoms. The zero-order valence-electron chi connectivity index (χ0n) is 19.2. The van der Waals surface area contributed by atoms with E-state index < -0.39 is 6.23 Å². The first-order valence-electron chi connectivity index (χ1n) is 12.1. The van der Waals surface area contributed by atoms with Crippen molar-refractivity contribution in [3.63, 3.8) is 0 Å². The molecule has 0 radical (unpaired) electrons. The van der Waals surface area contributed by atoms with Gasteiger partial charge in [0.1, 0.15) is 18.0 Å². The first-order chi connectivity index (χ1) is 15.1. The highest BCUT2D eigenvalue weighted by Gasteiger charge is 2.43. The standard InChI is InChI=1S/C22H42N4O4S/c1-13-18(24-21(30-13)16-7-6-15(28-2)9-19(16)29-3)12-31-22-25-17(10-20(27)26-22)14-5-4-8-23-11-14/h13-27H,4-12H2,1-3H3. The summed E-state index contributed by atoms with van der Waals surface area (Å²) >= 11 is 1.83. The molecule has 3 heterocycles. The Hall–Kier alpha value is 0.0300. The van der Waals surface area contributed by atoms with Gasteiger partial charge >= 0.3 is 0 Å². The van der Waals surface area contributed by atoms with Crippen LogP contribution in [0.5, 0.6) is 0 Å². The van der Waals surface area contributed by atoms with Gasteiger partial charge in [0.2, 0.25) is 0 Å². The van der Waals surface area contributed by atoms with Gasteiger partial charge in [-0.1, -0.05) is 0 Å². The molecule has 0 spiro atoms. The maximum Gasteiger partial charge on any atom is 0.114 e. The summed E-state index contributed by atoms with van der Waals surface area (Å²) in [6.07, 6.45) is 6.46. The van der Waals surface area contributed by atoms with Gasteiger partial charge in [0.15, 0.2) is 0 Å². The minimum Gasteiger partial charge on any atom is -0.381 e. The van der Waals surface area contributed by atoms with Crippen molar-refractivity contribution in [3.05, 3.63) is 0 Å². The maximum atomic E-state index is 10.4. The molecule has 31 heavy (non-hydrogen) atoms. The molecule has 0 aromatic heterocycles. The van der Waals surface area contributed by atoms with Crippen LogP contribution in [0.4, 0.5) is 0 Å². The van der Waals surface area contributed by atoms with Crippen molar-refractivity contribution in [1.29, 1.82) is 0 Å². The third-order valence-corrected chi connectivity index (χ3v) is 8.82. The molecule has 1 aliphatic carbocycles. The quantitative estimate of drug-likeness (QED) is 0.380. The molecule has 1 saturated carbocycles. The lowest BCUT2D eigenvalue weighted by atomic mass is 9.83. The maximum absolute atomic E-state index is 10.4. The number of aliphatic hydroxyl groups excluding tert-OH is 1. The molecule has 5 N–H and O–H groups in total. The molecule has 0 aromatic rings. The number of nitrogens with one attached hydrogen (secondary N) is 4. The van der Waals surface area contributed by atoms with Crippen molar-refractivity contribution in [1.82, 2.24) is 21.3 Å². The Morgan fingerprint density at radius 3 is 2.68 bits per heavy atom. The van der Waals surface area contributed by atoms with Gasteiger partial charge < -0.3 is 24.6 Å². The molecule has 180 valence electrons. The SMILES string of the molecule is COC1CCC(C2NC(CSC3NC(O)CC(C4CCCNC4)N3)C(C)O2)C(OC)C1. The largest absolute Gasteiger partial charge is 0.381 e. The van der Waals surface area contributed by atoms with E-state index in [1.165, 1.54) is 12.8 Å². The zero-order valence-corrected chi connectivity index (χ0v) is 20.0. The average molecular weight is 459 g/mol. The summed E-state index contributed by atoms with van der Waals surface area (Å²) in [4.78, 5) is 0. The third-order valence-electron chi connectivity index (χ3n) is 7.66. The predicted molar refractivity (Wildman–Crippen MR) is 123 cm³/mol. The summed E-state index contributed by atoms with van der Waals surface area (Å²) in [6.45, 7) is 4.32. The molecule has 4 rings (SSSR count). The molecule has 4 aliphatic rings. The number of piperidine rings is 1. The Morgan fingerprint density at radius 1 is 1.06 bits per heavy atom. The van der Waals surface area contributed by atoms with Crippen molar-refractivity contribution < 1.29 is 19.3 Å². The fourth-order valence-electron chi connectivity index (χ4n) is 5.71. The van der Waals surface area contributed by atoms with Crippen molar-refractivity contribution in [2.45, 2.75) is 93.8 Å². The van der Waals surface area contributed by atoms with Crippen LogP contribution in [0.25, 0.3) is 0 Å². The number of methoxy groups -OCH3 is 2. The Balaban J connectivity index is 1.26. The minimum atomic E-state index is -0.443. The summed E-state index contributed by atoms with van der Waals surface area (Å²) in [5.41, 5.74) is 0.0626. The van der Waals surface area contributed by atoms with E-state index in [9.17, 15) is 5.11 Å². The number of hydrogen-bond acceptors (Lipinski definition) is 9. The molecular weight excluding hydrogens is 416 g/mol. The van der Waals surface area contributed by atoms with Crippen molar-refractivity contribution in [3.8, 4) is 0 Å². The highest BCUT2D eigenvalue weighted by atomic mass is 32.2. The van der Waals surface area contributed by atoms with E-state index in [4.69, 9.17) is 14.2 Å². The van der Waals surface area contributed by atoms with Gasteiger partial charge in [-0.2, -0.15) is 0 Å². The van der Waals surface area contributed by atoms with E-state index in [1.807, 2.05) is 11.8 Å². The Morgan fingerprint density at radius 2 is 1.94 bits per heavy atom. The average Bonchev–Trinajstić information content (AvgIpc) is 3.17. The lowest BCUT2D eigenvalue weighted by Crippen LogP contribution is -2.60. The monoisotopic (exact) mass is 458 g/mol. The number of rotatable bonds is 7. The second-order valence-electron chi connectivity index (χ2n) is 9.65. The van der Waals surface area contributed by atoms with Gasteiger partial charge in [-0.25, -0.2) is 0 Å². The summed E-state index contributed by atoms with van der Waals surface area (Å²) in [7, 11) is 3.59. The van der Waals surface area contributed by atoms with Crippen LogP contribution in [0.15, 0.2) is 0 Å². The summed E-state index contributed by atoms with van der Waals surface area (Å²) < 4.78 is 17.7. The van der Waals surface area contributed by atoms with E-state index in [1.54, 1.807) is 14.2 Å². The third kappa shape index (κ3) is 6.13. The molecule has 3 saturated heterocycles. The molecule has 0 amide bonds. The highest BCUT2D eigenvalue weighted by molar-refractivity contribution is 7.99. The van der Waals surface area contributed by atoms with Crippen LogP contribution in [-0.4, -0.2) is 86.5 Å². The van der Waals surface area contributed by atoms with Gasteiger partial charge in [-0.15, -0.1) is 11.8 Å². The van der Waals surface area contributed by atoms with E-state index >= 15 is 0 Å². The van der Waals surface area contributed by atoms with E-state index in [0.29, 0.717) is 17.9 Å². The molecule has 10 unspecified atom stereocenters. The van der Waals surface area contributed by atoms with Crippen molar-refractivity contribution in [2.75, 3.05) is 33.1 Å². The second-order valence-corrected chi connectivity index (χ2v) is 10.8. The van der Waals surface area contributed by atoms with E-state index in [0.717, 1.165) is 44.5 Å². The highest BCUT2D eigenvalue weighted by Crippen LogP contribution is 2.34. The molecule has 3 aliphatic heterocycles. The van der Waals surface area contributed by atoms with Crippen LogP contribution >= 0.6 is 11.8 Å². The van der Waals surface area contributed by atoms with Crippen LogP contribution in [0.2, 0.25) is 0 Å². The zero-order chi connectivity index (χ0) is 21.8. The van der Waals surface area contributed by atoms with Crippen LogP contribution in [0.1, 0.15) is 45.4 Å². The first-order valence-corrected chi connectivity index (χ1v) is 13.1. The fourth-order valence-corrected chi connectivity index (χ4v) is 7.00. The number of ether oxygens (including phenoxy) is 3. The van der Waals surface area contributed by atoms with Crippen LogP contribution in [0, 0.1) is 11.8 Å². The van der Waals surface area contributed by atoms with Crippen LogP contribution in [0.3, 0.4) is 0 Å². The van der Waals surface area contributed by atoms with E-state index in [2.05, 4.69) is 28.2 Å². The Bertz CT molecular complexity index is 556. The molecular formula is C22H42N4O4S. The summed E-state index contributed by atoms with van der Waals surface area (Å²) in [5.74, 6) is 1.87. The number of aliphatic hydroxyl groups is 1. The topological polar surface area (TPSA) is 96.0 Å². The molecule has 10 atom stereocenters. The minimum absolute atomic E-state index is 0.0299. The molecule has 8 nitrogen and oxygen atoms in total. The van der Waals surface area contributed by atoms with Crippen LogP contribution in [-0.2, 0) is 14.2 Å². The lowest BCUT2D eigenvalue weighted by molar-refractivity contribution is -0.0953. The number of hydrogen-bond donors (Lipinski definition) is 5. The lowest BCUT2D eigenvalue weighted by Gasteiger charge is -2.40. The van der Waals surface area contributed by atoms with Gasteiger partial charge in [-0.05, 0) is 51.6 Å².